The van der Waals surface area contributed by atoms with Gasteiger partial charge in [-0.25, -0.2) is 0 Å². The molecule has 0 unspecified atom stereocenters. The molecule has 1 aliphatic heterocycles. The summed E-state index contributed by atoms with van der Waals surface area (Å²) < 4.78 is 5.32. The van der Waals surface area contributed by atoms with Crippen molar-refractivity contribution in [2.75, 3.05) is 36.5 Å². The molecule has 0 spiro atoms. The molecule has 110 valence electrons. The van der Waals surface area contributed by atoms with E-state index in [2.05, 4.69) is 25.4 Å². The van der Waals surface area contributed by atoms with E-state index in [9.17, 15) is 0 Å². The van der Waals surface area contributed by atoms with Gasteiger partial charge in [-0.2, -0.15) is 10.1 Å². The maximum Gasteiger partial charge on any atom is 0.249 e. The van der Waals surface area contributed by atoms with Crippen LogP contribution in [0, 0.1) is 0 Å². The van der Waals surface area contributed by atoms with Crippen molar-refractivity contribution in [3.05, 3.63) is 34.4 Å². The van der Waals surface area contributed by atoms with Crippen molar-refractivity contribution in [3.8, 4) is 0 Å². The Bertz CT molecular complexity index is 634. The van der Waals surface area contributed by atoms with Gasteiger partial charge in [-0.15, -0.1) is 5.10 Å². The van der Waals surface area contributed by atoms with Crippen molar-refractivity contribution in [2.45, 2.75) is 0 Å². The zero-order valence-electron chi connectivity index (χ0n) is 11.1. The van der Waals surface area contributed by atoms with Crippen LogP contribution in [0.5, 0.6) is 0 Å². The summed E-state index contributed by atoms with van der Waals surface area (Å²) in [5, 5.41) is 12.1. The molecule has 1 aromatic heterocycles. The van der Waals surface area contributed by atoms with E-state index in [1.165, 1.54) is 0 Å². The molecule has 0 saturated carbocycles. The summed E-state index contributed by atoms with van der Waals surface area (Å²) in [5.74, 6) is 1.16. The molecular formula is C13H13Cl2N5O. The van der Waals surface area contributed by atoms with Gasteiger partial charge in [-0.3, -0.25) is 0 Å². The highest BCUT2D eigenvalue weighted by Gasteiger charge is 2.14. The molecular weight excluding hydrogens is 313 g/mol. The standard InChI is InChI=1S/C13H13Cl2N5O/c14-9-1-2-11(10(15)7-9)17-13-18-12(8-16-19-13)20-3-5-21-6-4-20/h1-2,7-8H,3-6H2,(H,17,18,19). The van der Waals surface area contributed by atoms with E-state index >= 15 is 0 Å². The number of hydrogen-bond donors (Lipinski definition) is 1. The van der Waals surface area contributed by atoms with E-state index in [0.717, 1.165) is 18.9 Å². The SMILES string of the molecule is Clc1ccc(Nc2nncc(N3CCOCC3)n2)c(Cl)c1. The molecule has 2 heterocycles. The third-order valence-electron chi connectivity index (χ3n) is 3.06. The number of ether oxygens (including phenoxy) is 1. The maximum absolute atomic E-state index is 6.12. The Labute approximate surface area is 132 Å². The Hall–Kier alpha value is -1.63. The summed E-state index contributed by atoms with van der Waals surface area (Å²) in [5.41, 5.74) is 0.682. The van der Waals surface area contributed by atoms with Crippen molar-refractivity contribution in [1.82, 2.24) is 15.2 Å². The molecule has 0 bridgehead atoms. The number of morpholine rings is 1. The smallest absolute Gasteiger partial charge is 0.249 e. The number of rotatable bonds is 3. The van der Waals surface area contributed by atoms with Crippen molar-refractivity contribution in [2.24, 2.45) is 0 Å². The van der Waals surface area contributed by atoms with Crippen LogP contribution < -0.4 is 10.2 Å². The number of anilines is 3. The predicted octanol–water partition coefficient (Wildman–Crippen LogP) is 2.76. The van der Waals surface area contributed by atoms with Crippen LogP contribution in [0.1, 0.15) is 0 Å². The molecule has 1 aliphatic rings. The molecule has 1 saturated heterocycles. The van der Waals surface area contributed by atoms with Gasteiger partial charge in [0.2, 0.25) is 5.95 Å². The van der Waals surface area contributed by atoms with Crippen LogP contribution in [0.2, 0.25) is 10.0 Å². The third kappa shape index (κ3) is 3.53. The molecule has 1 aromatic carbocycles. The number of hydrogen-bond acceptors (Lipinski definition) is 6. The molecule has 6 nitrogen and oxygen atoms in total. The van der Waals surface area contributed by atoms with Crippen molar-refractivity contribution in [3.63, 3.8) is 0 Å². The van der Waals surface area contributed by atoms with Gasteiger partial charge >= 0.3 is 0 Å². The quantitative estimate of drug-likeness (QED) is 0.936. The Morgan fingerprint density at radius 3 is 2.76 bits per heavy atom. The molecule has 0 atom stereocenters. The number of nitrogens with one attached hydrogen (secondary N) is 1. The van der Waals surface area contributed by atoms with Crippen LogP contribution in [0.3, 0.4) is 0 Å². The first kappa shape index (κ1) is 14.3. The van der Waals surface area contributed by atoms with Gasteiger partial charge in [-0.05, 0) is 18.2 Å². The Kier molecular flexibility index (Phi) is 4.38. The fourth-order valence-corrected chi connectivity index (χ4v) is 2.46. The average Bonchev–Trinajstić information content (AvgIpc) is 2.51. The van der Waals surface area contributed by atoms with Crippen LogP contribution in [0.25, 0.3) is 0 Å². The molecule has 3 rings (SSSR count). The highest BCUT2D eigenvalue weighted by atomic mass is 35.5. The second kappa shape index (κ2) is 6.43. The fourth-order valence-electron chi connectivity index (χ4n) is 2.00. The normalized spacial score (nSPS) is 15.0. The van der Waals surface area contributed by atoms with Gasteiger partial charge in [0, 0.05) is 18.1 Å². The summed E-state index contributed by atoms with van der Waals surface area (Å²) in [4.78, 5) is 6.55. The van der Waals surface area contributed by atoms with E-state index in [1.54, 1.807) is 24.4 Å². The number of aromatic nitrogens is 3. The predicted molar refractivity (Wildman–Crippen MR) is 82.6 cm³/mol. The monoisotopic (exact) mass is 325 g/mol. The number of nitrogens with zero attached hydrogens (tertiary/aromatic N) is 4. The third-order valence-corrected chi connectivity index (χ3v) is 3.61. The van der Waals surface area contributed by atoms with E-state index in [4.69, 9.17) is 27.9 Å². The van der Waals surface area contributed by atoms with Crippen LogP contribution >= 0.6 is 23.2 Å². The summed E-state index contributed by atoms with van der Waals surface area (Å²) in [7, 11) is 0. The number of halogens is 2. The second-order valence-corrected chi connectivity index (χ2v) is 5.33. The van der Waals surface area contributed by atoms with E-state index < -0.39 is 0 Å². The first-order chi connectivity index (χ1) is 10.2. The van der Waals surface area contributed by atoms with Crippen molar-refractivity contribution >= 4 is 40.7 Å². The van der Waals surface area contributed by atoms with Gasteiger partial charge in [-0.1, -0.05) is 23.2 Å². The molecule has 8 heteroatoms. The van der Waals surface area contributed by atoms with Crippen LogP contribution in [0.15, 0.2) is 24.4 Å². The topological polar surface area (TPSA) is 63.2 Å². The van der Waals surface area contributed by atoms with Crippen LogP contribution in [0.4, 0.5) is 17.5 Å². The molecule has 21 heavy (non-hydrogen) atoms. The zero-order chi connectivity index (χ0) is 14.7. The van der Waals surface area contributed by atoms with Crippen LogP contribution in [-0.2, 0) is 4.74 Å². The Morgan fingerprint density at radius 1 is 1.19 bits per heavy atom. The van der Waals surface area contributed by atoms with Gasteiger partial charge in [0.25, 0.3) is 0 Å². The highest BCUT2D eigenvalue weighted by molar-refractivity contribution is 6.36. The molecule has 0 amide bonds. The van der Waals surface area contributed by atoms with E-state index in [0.29, 0.717) is 34.9 Å². The van der Waals surface area contributed by atoms with E-state index in [1.807, 2.05) is 0 Å². The number of benzene rings is 1. The van der Waals surface area contributed by atoms with Crippen molar-refractivity contribution in [1.29, 1.82) is 0 Å². The summed E-state index contributed by atoms with van der Waals surface area (Å²) in [6.07, 6.45) is 1.64. The maximum atomic E-state index is 6.12. The lowest BCUT2D eigenvalue weighted by molar-refractivity contribution is 0.122. The van der Waals surface area contributed by atoms with Gasteiger partial charge < -0.3 is 15.0 Å². The molecule has 1 N–H and O–H groups in total. The minimum Gasteiger partial charge on any atom is -0.378 e. The first-order valence-corrected chi connectivity index (χ1v) is 7.22. The zero-order valence-corrected chi connectivity index (χ0v) is 12.6. The second-order valence-electron chi connectivity index (χ2n) is 4.49. The van der Waals surface area contributed by atoms with Crippen LogP contribution in [-0.4, -0.2) is 41.5 Å². The summed E-state index contributed by atoms with van der Waals surface area (Å²) in [6, 6.07) is 5.18. The lowest BCUT2D eigenvalue weighted by Crippen LogP contribution is -2.37. The highest BCUT2D eigenvalue weighted by Crippen LogP contribution is 2.27. The minimum absolute atomic E-state index is 0.392. The lowest BCUT2D eigenvalue weighted by atomic mass is 10.3. The molecule has 2 aromatic rings. The summed E-state index contributed by atoms with van der Waals surface area (Å²) in [6.45, 7) is 2.96. The molecule has 0 aliphatic carbocycles. The van der Waals surface area contributed by atoms with Crippen molar-refractivity contribution < 1.29 is 4.74 Å². The Balaban J connectivity index is 1.79. The minimum atomic E-state index is 0.392. The Morgan fingerprint density at radius 2 is 2.00 bits per heavy atom. The molecule has 0 radical (unpaired) electrons. The van der Waals surface area contributed by atoms with Gasteiger partial charge in [0.1, 0.15) is 0 Å². The van der Waals surface area contributed by atoms with Gasteiger partial charge in [0.15, 0.2) is 5.82 Å². The fraction of sp³-hybridized carbons (Fsp3) is 0.308. The lowest BCUT2D eigenvalue weighted by Gasteiger charge is -2.27. The first-order valence-electron chi connectivity index (χ1n) is 6.47. The largest absolute Gasteiger partial charge is 0.378 e. The van der Waals surface area contributed by atoms with E-state index in [-0.39, 0.29) is 0 Å². The molecule has 1 fully saturated rings. The summed E-state index contributed by atoms with van der Waals surface area (Å²) >= 11 is 12.0. The average molecular weight is 326 g/mol. The van der Waals surface area contributed by atoms with Gasteiger partial charge in [0.05, 0.1) is 30.1 Å².